The third-order valence-corrected chi connectivity index (χ3v) is 2.54. The number of carbonyl (C=O) groups is 1. The molecular formula is C11H12ClF3N2O. The van der Waals surface area contributed by atoms with E-state index in [1.807, 2.05) is 0 Å². The van der Waals surface area contributed by atoms with Crippen LogP contribution in [0.5, 0.6) is 0 Å². The van der Waals surface area contributed by atoms with E-state index in [1.165, 1.54) is 26.0 Å². The monoisotopic (exact) mass is 280 g/mol. The summed E-state index contributed by atoms with van der Waals surface area (Å²) in [5.74, 6) is -0.680. The maximum Gasteiger partial charge on any atom is 0.408 e. The van der Waals surface area contributed by atoms with Gasteiger partial charge in [-0.15, -0.1) is 0 Å². The zero-order valence-electron chi connectivity index (χ0n) is 9.75. The third-order valence-electron chi connectivity index (χ3n) is 2.33. The molecule has 0 saturated heterocycles. The number of alkyl halides is 3. The quantitative estimate of drug-likeness (QED) is 0.677. The summed E-state index contributed by atoms with van der Waals surface area (Å²) >= 11 is 5.56. The Balaban J connectivity index is 3.05. The molecule has 100 valence electrons. The van der Waals surface area contributed by atoms with Crippen LogP contribution < -0.4 is 5.32 Å². The lowest BCUT2D eigenvalue weighted by atomic mass is 10.0. The van der Waals surface area contributed by atoms with Gasteiger partial charge in [-0.2, -0.15) is 13.2 Å². The number of nitrogens with zero attached hydrogens (tertiary/aromatic N) is 1. The Labute approximate surface area is 107 Å². The summed E-state index contributed by atoms with van der Waals surface area (Å²) in [6.45, 7) is 2.88. The molecule has 7 heteroatoms. The van der Waals surface area contributed by atoms with Crippen molar-refractivity contribution in [2.24, 2.45) is 5.92 Å². The van der Waals surface area contributed by atoms with Gasteiger partial charge in [-0.05, 0) is 18.1 Å². The van der Waals surface area contributed by atoms with Crippen LogP contribution in [0.2, 0.25) is 5.15 Å². The summed E-state index contributed by atoms with van der Waals surface area (Å²) < 4.78 is 38.3. The summed E-state index contributed by atoms with van der Waals surface area (Å²) in [5, 5.41) is 2.34. The molecule has 0 amide bonds. The summed E-state index contributed by atoms with van der Waals surface area (Å²) in [6, 6.07) is 0.879. The Kier molecular flexibility index (Phi) is 4.56. The second-order valence-corrected chi connectivity index (χ2v) is 4.48. The molecule has 0 aliphatic heterocycles. The van der Waals surface area contributed by atoms with E-state index >= 15 is 0 Å². The van der Waals surface area contributed by atoms with Crippen LogP contribution in [-0.2, 0) is 0 Å². The van der Waals surface area contributed by atoms with Gasteiger partial charge in [-0.3, -0.25) is 4.79 Å². The van der Waals surface area contributed by atoms with Gasteiger partial charge in [0.25, 0.3) is 0 Å². The van der Waals surface area contributed by atoms with Crippen molar-refractivity contribution in [3.05, 3.63) is 23.0 Å². The van der Waals surface area contributed by atoms with Crippen molar-refractivity contribution in [2.45, 2.75) is 26.1 Å². The van der Waals surface area contributed by atoms with Crippen molar-refractivity contribution >= 4 is 23.6 Å². The van der Waals surface area contributed by atoms with E-state index < -0.39 is 18.1 Å². The highest BCUT2D eigenvalue weighted by Gasteiger charge is 2.41. The Bertz CT molecular complexity index is 435. The van der Waals surface area contributed by atoms with Crippen LogP contribution in [0.1, 0.15) is 24.3 Å². The molecule has 0 radical (unpaired) electrons. The smallest absolute Gasteiger partial charge is 0.372 e. The summed E-state index contributed by atoms with van der Waals surface area (Å²) in [6.07, 6.45) is -4.05. The fourth-order valence-corrected chi connectivity index (χ4v) is 1.61. The van der Waals surface area contributed by atoms with Gasteiger partial charge >= 0.3 is 6.18 Å². The van der Waals surface area contributed by atoms with Gasteiger partial charge in [0.05, 0.1) is 5.69 Å². The van der Waals surface area contributed by atoms with E-state index in [2.05, 4.69) is 10.3 Å². The molecule has 0 spiro atoms. The van der Waals surface area contributed by atoms with Crippen LogP contribution in [0.3, 0.4) is 0 Å². The Morgan fingerprint density at radius 2 is 2.00 bits per heavy atom. The molecule has 0 aliphatic carbocycles. The molecular weight excluding hydrogens is 269 g/mol. The number of hydrogen-bond acceptors (Lipinski definition) is 3. The van der Waals surface area contributed by atoms with Crippen molar-refractivity contribution in [3.63, 3.8) is 0 Å². The van der Waals surface area contributed by atoms with Gasteiger partial charge in [0, 0.05) is 0 Å². The van der Waals surface area contributed by atoms with E-state index in [0.717, 1.165) is 0 Å². The van der Waals surface area contributed by atoms with Crippen LogP contribution in [0.25, 0.3) is 0 Å². The lowest BCUT2D eigenvalue weighted by Gasteiger charge is -2.26. The van der Waals surface area contributed by atoms with Crippen molar-refractivity contribution in [1.29, 1.82) is 0 Å². The molecule has 18 heavy (non-hydrogen) atoms. The SMILES string of the molecule is CC(C)C(Nc1ccc(Cl)nc1C=O)C(F)(F)F. The second kappa shape index (κ2) is 5.56. The maximum atomic E-state index is 12.8. The van der Waals surface area contributed by atoms with Crippen LogP contribution in [0.15, 0.2) is 12.1 Å². The molecule has 0 aromatic carbocycles. The molecule has 0 aliphatic rings. The number of halogens is 4. The molecule has 0 saturated carbocycles. The van der Waals surface area contributed by atoms with Crippen LogP contribution in [-0.4, -0.2) is 23.5 Å². The first-order chi connectivity index (χ1) is 8.25. The third kappa shape index (κ3) is 3.60. The Morgan fingerprint density at radius 3 is 2.44 bits per heavy atom. The number of nitrogens with one attached hydrogen (secondary N) is 1. The summed E-state index contributed by atoms with van der Waals surface area (Å²) in [7, 11) is 0. The zero-order chi connectivity index (χ0) is 13.9. The number of hydrogen-bond donors (Lipinski definition) is 1. The minimum atomic E-state index is -4.41. The first-order valence-corrected chi connectivity index (χ1v) is 5.58. The van der Waals surface area contributed by atoms with Crippen molar-refractivity contribution in [3.8, 4) is 0 Å². The lowest BCUT2D eigenvalue weighted by Crippen LogP contribution is -2.40. The number of anilines is 1. The van der Waals surface area contributed by atoms with Gasteiger partial charge in [-0.1, -0.05) is 25.4 Å². The molecule has 3 nitrogen and oxygen atoms in total. The van der Waals surface area contributed by atoms with Crippen LogP contribution in [0, 0.1) is 5.92 Å². The number of aldehydes is 1. The minimum absolute atomic E-state index is 0.0189. The highest BCUT2D eigenvalue weighted by Crippen LogP contribution is 2.29. The summed E-state index contributed by atoms with van der Waals surface area (Å²) in [5.41, 5.74) is -0.122. The van der Waals surface area contributed by atoms with Gasteiger partial charge in [-0.25, -0.2) is 4.98 Å². The molecule has 1 aromatic heterocycles. The molecule has 0 bridgehead atoms. The molecule has 1 aromatic rings. The predicted octanol–water partition coefficient (Wildman–Crippen LogP) is 3.55. The first-order valence-electron chi connectivity index (χ1n) is 5.20. The molecule has 1 rings (SSSR count). The van der Waals surface area contributed by atoms with Crippen LogP contribution in [0.4, 0.5) is 18.9 Å². The molecule has 1 unspecified atom stereocenters. The molecule has 1 N–H and O–H groups in total. The number of aromatic nitrogens is 1. The van der Waals surface area contributed by atoms with Crippen molar-refractivity contribution in [1.82, 2.24) is 4.98 Å². The maximum absolute atomic E-state index is 12.8. The van der Waals surface area contributed by atoms with E-state index in [1.54, 1.807) is 0 Å². The second-order valence-electron chi connectivity index (χ2n) is 4.09. The normalized spacial score (nSPS) is 13.5. The standard InChI is InChI=1S/C11H12ClF3N2O/c1-6(2)10(11(13,14)15)17-7-3-4-9(12)16-8(7)5-18/h3-6,10,17H,1-2H3. The van der Waals surface area contributed by atoms with Gasteiger partial charge in [0.15, 0.2) is 6.29 Å². The average molecular weight is 281 g/mol. The average Bonchev–Trinajstić information content (AvgIpc) is 2.24. The first kappa shape index (κ1) is 14.8. The van der Waals surface area contributed by atoms with Crippen molar-refractivity contribution < 1.29 is 18.0 Å². The fraction of sp³-hybridized carbons (Fsp3) is 0.455. The predicted molar refractivity (Wildman–Crippen MR) is 62.9 cm³/mol. The molecule has 1 heterocycles. The minimum Gasteiger partial charge on any atom is -0.372 e. The Morgan fingerprint density at radius 1 is 1.39 bits per heavy atom. The van der Waals surface area contributed by atoms with E-state index in [4.69, 9.17) is 11.6 Å². The van der Waals surface area contributed by atoms with Crippen molar-refractivity contribution in [2.75, 3.05) is 5.32 Å². The number of rotatable bonds is 4. The van der Waals surface area contributed by atoms with Crippen LogP contribution >= 0.6 is 11.6 Å². The summed E-state index contributed by atoms with van der Waals surface area (Å²) in [4.78, 5) is 14.4. The molecule has 1 atom stereocenters. The highest BCUT2D eigenvalue weighted by atomic mass is 35.5. The number of pyridine rings is 1. The van der Waals surface area contributed by atoms with E-state index in [-0.39, 0.29) is 16.5 Å². The Hall–Kier alpha value is -1.30. The van der Waals surface area contributed by atoms with Gasteiger partial charge in [0.2, 0.25) is 0 Å². The lowest BCUT2D eigenvalue weighted by molar-refractivity contribution is -0.150. The van der Waals surface area contributed by atoms with Gasteiger partial charge in [0.1, 0.15) is 16.9 Å². The van der Waals surface area contributed by atoms with Gasteiger partial charge < -0.3 is 5.32 Å². The zero-order valence-corrected chi connectivity index (χ0v) is 10.5. The van der Waals surface area contributed by atoms with E-state index in [9.17, 15) is 18.0 Å². The topological polar surface area (TPSA) is 42.0 Å². The fourth-order valence-electron chi connectivity index (χ4n) is 1.46. The molecule has 0 fully saturated rings. The number of carbonyl (C=O) groups excluding carboxylic acids is 1. The largest absolute Gasteiger partial charge is 0.408 e. The van der Waals surface area contributed by atoms with E-state index in [0.29, 0.717) is 6.29 Å². The highest BCUT2D eigenvalue weighted by molar-refractivity contribution is 6.29.